The van der Waals surface area contributed by atoms with Crippen LogP contribution in [0.25, 0.3) is 0 Å². The van der Waals surface area contributed by atoms with Gasteiger partial charge < -0.3 is 19.7 Å². The number of amides is 1. The number of nitrogens with one attached hydrogen (secondary N) is 2. The molecule has 1 heterocycles. The van der Waals surface area contributed by atoms with Gasteiger partial charge in [-0.1, -0.05) is 0 Å². The Balaban J connectivity index is 2.35. The Morgan fingerprint density at radius 1 is 1.27 bits per heavy atom. The van der Waals surface area contributed by atoms with Crippen molar-refractivity contribution in [3.8, 4) is 0 Å². The van der Waals surface area contributed by atoms with Crippen LogP contribution in [0.5, 0.6) is 0 Å². The van der Waals surface area contributed by atoms with E-state index in [-0.39, 0.29) is 5.69 Å². The van der Waals surface area contributed by atoms with Crippen molar-refractivity contribution in [2.45, 2.75) is 30.4 Å². The van der Waals surface area contributed by atoms with E-state index < -0.39 is 62.2 Å². The van der Waals surface area contributed by atoms with E-state index in [1.807, 2.05) is 0 Å². The number of carbonyl (C=O) groups excluding carboxylic acids is 1. The molecule has 0 fully saturated rings. The summed E-state index contributed by atoms with van der Waals surface area (Å²) in [5.74, 6) is -4.77. The zero-order valence-electron chi connectivity index (χ0n) is 16.7. The van der Waals surface area contributed by atoms with Crippen LogP contribution in [0.1, 0.15) is 24.3 Å². The molecule has 0 saturated carbocycles. The molecule has 0 bridgehead atoms. The summed E-state index contributed by atoms with van der Waals surface area (Å²) in [6, 6.07) is 1.44. The maximum atomic E-state index is 14.9. The molecular formula is C18H22F3N3O5S. The Hall–Kier alpha value is -2.41. The fraction of sp³-hybridized carbons (Fsp3) is 0.389. The molecule has 1 aromatic heterocycles. The number of hydrogen-bond donors (Lipinski definition) is 3. The molecule has 0 aliphatic heterocycles. The summed E-state index contributed by atoms with van der Waals surface area (Å²) in [7, 11) is -1.93. The SMILES string of the molecule is COC(C)(C)C(CO)NS(=O)(=O)c1cn(C)c(C(=O)Nc2ccc(F)c(F)c2)c1F. The molecule has 0 aliphatic carbocycles. The smallest absolute Gasteiger partial charge is 0.275 e. The Bertz CT molecular complexity index is 1050. The number of nitrogens with zero attached hydrogens (tertiary/aromatic N) is 1. The lowest BCUT2D eigenvalue weighted by Crippen LogP contribution is -2.52. The molecule has 1 aromatic carbocycles. The summed E-state index contributed by atoms with van der Waals surface area (Å²) in [6.45, 7) is 2.43. The number of aliphatic hydroxyl groups excluding tert-OH is 1. The number of ether oxygens (including phenoxy) is 1. The van der Waals surface area contributed by atoms with Crippen molar-refractivity contribution in [3.63, 3.8) is 0 Å². The highest BCUT2D eigenvalue weighted by atomic mass is 32.2. The number of rotatable bonds is 8. The minimum absolute atomic E-state index is 0.149. The Morgan fingerprint density at radius 3 is 2.43 bits per heavy atom. The molecule has 3 N–H and O–H groups in total. The van der Waals surface area contributed by atoms with Gasteiger partial charge in [0.2, 0.25) is 10.0 Å². The Morgan fingerprint density at radius 2 is 1.90 bits per heavy atom. The summed E-state index contributed by atoms with van der Waals surface area (Å²) < 4.78 is 74.8. The van der Waals surface area contributed by atoms with Crippen molar-refractivity contribution in [2.75, 3.05) is 19.0 Å². The largest absolute Gasteiger partial charge is 0.395 e. The van der Waals surface area contributed by atoms with Crippen LogP contribution in [-0.2, 0) is 21.8 Å². The van der Waals surface area contributed by atoms with Crippen LogP contribution >= 0.6 is 0 Å². The molecule has 166 valence electrons. The van der Waals surface area contributed by atoms with Crippen LogP contribution in [0.4, 0.5) is 18.9 Å². The van der Waals surface area contributed by atoms with Crippen LogP contribution in [0.2, 0.25) is 0 Å². The molecule has 12 heteroatoms. The minimum Gasteiger partial charge on any atom is -0.395 e. The van der Waals surface area contributed by atoms with E-state index in [0.717, 1.165) is 22.9 Å². The molecule has 0 saturated heterocycles. The number of methoxy groups -OCH3 is 1. The van der Waals surface area contributed by atoms with Gasteiger partial charge in [0.15, 0.2) is 17.5 Å². The number of aliphatic hydroxyl groups is 1. The van der Waals surface area contributed by atoms with Gasteiger partial charge in [0, 0.05) is 32.1 Å². The second kappa shape index (κ2) is 8.76. The van der Waals surface area contributed by atoms with Gasteiger partial charge >= 0.3 is 0 Å². The second-order valence-corrected chi connectivity index (χ2v) is 8.70. The first kappa shape index (κ1) is 23.9. The first-order chi connectivity index (χ1) is 13.8. The molecule has 0 aliphatic rings. The molecule has 0 radical (unpaired) electrons. The quantitative estimate of drug-likeness (QED) is 0.569. The molecule has 8 nitrogen and oxygen atoms in total. The summed E-state index contributed by atoms with van der Waals surface area (Å²) in [6.07, 6.45) is 0.881. The topological polar surface area (TPSA) is 110 Å². The normalized spacial score (nSPS) is 13.3. The van der Waals surface area contributed by atoms with Crippen LogP contribution < -0.4 is 10.0 Å². The van der Waals surface area contributed by atoms with E-state index in [2.05, 4.69) is 10.0 Å². The average Bonchev–Trinajstić information content (AvgIpc) is 2.97. The van der Waals surface area contributed by atoms with Crippen LogP contribution in [0.15, 0.2) is 29.3 Å². The first-order valence-electron chi connectivity index (χ1n) is 8.63. The van der Waals surface area contributed by atoms with Crippen molar-refractivity contribution in [2.24, 2.45) is 7.05 Å². The number of benzene rings is 1. The van der Waals surface area contributed by atoms with Crippen LogP contribution in [-0.4, -0.2) is 49.4 Å². The van der Waals surface area contributed by atoms with E-state index in [4.69, 9.17) is 4.74 Å². The summed E-state index contributed by atoms with van der Waals surface area (Å²) in [4.78, 5) is 11.6. The summed E-state index contributed by atoms with van der Waals surface area (Å²) >= 11 is 0. The molecule has 1 atom stereocenters. The van der Waals surface area contributed by atoms with E-state index in [1.54, 1.807) is 0 Å². The number of anilines is 1. The Labute approximate surface area is 171 Å². The monoisotopic (exact) mass is 449 g/mol. The van der Waals surface area contributed by atoms with E-state index in [1.165, 1.54) is 28.0 Å². The van der Waals surface area contributed by atoms with Crippen LogP contribution in [0.3, 0.4) is 0 Å². The lowest BCUT2D eigenvalue weighted by atomic mass is 10.0. The summed E-state index contributed by atoms with van der Waals surface area (Å²) in [5, 5.41) is 11.7. The lowest BCUT2D eigenvalue weighted by molar-refractivity contribution is -0.0189. The highest BCUT2D eigenvalue weighted by Gasteiger charge is 2.36. The molecular weight excluding hydrogens is 427 g/mol. The van der Waals surface area contributed by atoms with Crippen molar-refractivity contribution in [1.82, 2.24) is 9.29 Å². The number of sulfonamides is 1. The maximum Gasteiger partial charge on any atom is 0.275 e. The van der Waals surface area contributed by atoms with Crippen LogP contribution in [0, 0.1) is 17.5 Å². The fourth-order valence-corrected chi connectivity index (χ4v) is 4.06. The van der Waals surface area contributed by atoms with Crippen molar-refractivity contribution in [1.29, 1.82) is 0 Å². The fourth-order valence-electron chi connectivity index (χ4n) is 2.57. The molecule has 2 rings (SSSR count). The van der Waals surface area contributed by atoms with Gasteiger partial charge in [-0.3, -0.25) is 4.79 Å². The highest BCUT2D eigenvalue weighted by molar-refractivity contribution is 7.89. The van der Waals surface area contributed by atoms with Crippen molar-refractivity contribution < 1.29 is 36.2 Å². The zero-order valence-corrected chi connectivity index (χ0v) is 17.5. The van der Waals surface area contributed by atoms with E-state index >= 15 is 0 Å². The predicted molar refractivity (Wildman–Crippen MR) is 102 cm³/mol. The number of aryl methyl sites for hydroxylation is 1. The summed E-state index contributed by atoms with van der Waals surface area (Å²) in [5.41, 5.74) is -1.91. The van der Waals surface area contributed by atoms with Gasteiger partial charge in [-0.25, -0.2) is 26.3 Å². The van der Waals surface area contributed by atoms with Gasteiger partial charge in [-0.15, -0.1) is 0 Å². The van der Waals surface area contributed by atoms with E-state index in [0.29, 0.717) is 6.07 Å². The number of halogens is 3. The maximum absolute atomic E-state index is 14.9. The third kappa shape index (κ3) is 4.83. The predicted octanol–water partition coefficient (Wildman–Crippen LogP) is 1.76. The molecule has 1 amide bonds. The van der Waals surface area contributed by atoms with Crippen molar-refractivity contribution in [3.05, 3.63) is 47.5 Å². The zero-order chi connectivity index (χ0) is 22.9. The highest BCUT2D eigenvalue weighted by Crippen LogP contribution is 2.24. The third-order valence-electron chi connectivity index (χ3n) is 4.62. The second-order valence-electron chi connectivity index (χ2n) is 7.01. The van der Waals surface area contributed by atoms with Gasteiger partial charge in [-0.2, -0.15) is 0 Å². The minimum atomic E-state index is -4.49. The van der Waals surface area contributed by atoms with Gasteiger partial charge in [0.05, 0.1) is 18.2 Å². The number of carbonyl (C=O) groups is 1. The first-order valence-corrected chi connectivity index (χ1v) is 10.1. The van der Waals surface area contributed by atoms with Crippen molar-refractivity contribution >= 4 is 21.6 Å². The molecule has 0 spiro atoms. The van der Waals surface area contributed by atoms with Gasteiger partial charge in [0.1, 0.15) is 10.6 Å². The van der Waals surface area contributed by atoms with E-state index in [9.17, 15) is 31.5 Å². The third-order valence-corrected chi connectivity index (χ3v) is 6.07. The number of aromatic nitrogens is 1. The standard InChI is InChI=1S/C18H22F3N3O5S/c1-18(2,29-4)14(9-25)23-30(27,28)13-8-24(3)16(15(13)21)17(26)22-10-5-6-11(19)12(20)7-10/h5-8,14,23,25H,9H2,1-4H3,(H,22,26). The number of hydrogen-bond acceptors (Lipinski definition) is 5. The molecule has 2 aromatic rings. The molecule has 1 unspecified atom stereocenters. The molecule has 30 heavy (non-hydrogen) atoms. The lowest BCUT2D eigenvalue weighted by Gasteiger charge is -2.31. The van der Waals surface area contributed by atoms with Gasteiger partial charge in [0.25, 0.3) is 5.91 Å². The Kier molecular flexibility index (Phi) is 6.97. The average molecular weight is 449 g/mol. The van der Waals surface area contributed by atoms with Gasteiger partial charge in [-0.05, 0) is 26.0 Å².